The molecule has 27 heavy (non-hydrogen) atoms. The van der Waals surface area contributed by atoms with Crippen LogP contribution in [0.25, 0.3) is 10.8 Å². The largest absolute Gasteiger partial charge is 0.497 e. The molecule has 0 aromatic heterocycles. The zero-order valence-corrected chi connectivity index (χ0v) is 16.9. The average Bonchev–Trinajstić information content (AvgIpc) is 2.67. The number of carbonyl (C=O) groups excluding carboxylic acids is 1. The third-order valence-corrected chi connectivity index (χ3v) is 4.78. The molecule has 0 atom stereocenters. The van der Waals surface area contributed by atoms with Gasteiger partial charge in [0.2, 0.25) is 5.91 Å². The smallest absolute Gasteiger partial charge is 0.229 e. The van der Waals surface area contributed by atoms with Crippen LogP contribution in [-0.2, 0) is 11.2 Å². The molecule has 6 heteroatoms. The zero-order chi connectivity index (χ0) is 19.4. The highest BCUT2D eigenvalue weighted by atomic mass is 79.9. The standard InChI is InChI=1S/C21H20BrNO4/c1-25-15-6-9-20(27-3)18(11-15)23-21(24)12-17-16-7-5-14(22)10-13(16)4-8-19(17)26-2/h4-11H,12H2,1-3H3,(H,23,24). The van der Waals surface area contributed by atoms with Crippen molar-refractivity contribution in [3.05, 3.63) is 58.6 Å². The van der Waals surface area contributed by atoms with Gasteiger partial charge in [-0.05, 0) is 41.1 Å². The first-order valence-corrected chi connectivity index (χ1v) is 9.12. The Balaban J connectivity index is 1.92. The molecule has 0 saturated heterocycles. The van der Waals surface area contributed by atoms with Gasteiger partial charge in [0, 0.05) is 16.1 Å². The predicted molar refractivity (Wildman–Crippen MR) is 110 cm³/mol. The Morgan fingerprint density at radius 2 is 1.67 bits per heavy atom. The van der Waals surface area contributed by atoms with Crippen LogP contribution in [0.15, 0.2) is 53.0 Å². The van der Waals surface area contributed by atoms with Crippen molar-refractivity contribution in [2.75, 3.05) is 26.6 Å². The van der Waals surface area contributed by atoms with Gasteiger partial charge in [-0.1, -0.05) is 28.1 Å². The summed E-state index contributed by atoms with van der Waals surface area (Å²) in [4.78, 5) is 12.8. The number of hydrogen-bond donors (Lipinski definition) is 1. The molecule has 0 radical (unpaired) electrons. The van der Waals surface area contributed by atoms with E-state index < -0.39 is 0 Å². The lowest BCUT2D eigenvalue weighted by Crippen LogP contribution is -2.16. The van der Waals surface area contributed by atoms with Gasteiger partial charge < -0.3 is 19.5 Å². The number of hydrogen-bond acceptors (Lipinski definition) is 4. The highest BCUT2D eigenvalue weighted by molar-refractivity contribution is 9.10. The third kappa shape index (κ3) is 4.17. The SMILES string of the molecule is COc1ccc(OC)c(NC(=O)Cc2c(OC)ccc3cc(Br)ccc23)c1. The second kappa shape index (κ2) is 8.31. The maximum absolute atomic E-state index is 12.8. The Bertz CT molecular complexity index is 987. The van der Waals surface area contributed by atoms with Gasteiger partial charge in [-0.3, -0.25) is 4.79 Å². The highest BCUT2D eigenvalue weighted by Crippen LogP contribution is 2.32. The Labute approximate surface area is 166 Å². The molecule has 5 nitrogen and oxygen atoms in total. The lowest BCUT2D eigenvalue weighted by atomic mass is 10.0. The maximum atomic E-state index is 12.8. The van der Waals surface area contributed by atoms with Crippen molar-refractivity contribution in [2.24, 2.45) is 0 Å². The molecule has 0 fully saturated rings. The summed E-state index contributed by atoms with van der Waals surface area (Å²) in [6.07, 6.45) is 0.169. The molecule has 1 N–H and O–H groups in total. The van der Waals surface area contributed by atoms with E-state index in [1.54, 1.807) is 39.5 Å². The van der Waals surface area contributed by atoms with E-state index in [4.69, 9.17) is 14.2 Å². The zero-order valence-electron chi connectivity index (χ0n) is 15.3. The topological polar surface area (TPSA) is 56.8 Å². The maximum Gasteiger partial charge on any atom is 0.229 e. The van der Waals surface area contributed by atoms with Crippen LogP contribution in [0.3, 0.4) is 0 Å². The Morgan fingerprint density at radius 3 is 2.37 bits per heavy atom. The van der Waals surface area contributed by atoms with Crippen molar-refractivity contribution >= 4 is 38.3 Å². The first-order valence-electron chi connectivity index (χ1n) is 8.32. The lowest BCUT2D eigenvalue weighted by Gasteiger charge is -2.14. The lowest BCUT2D eigenvalue weighted by molar-refractivity contribution is -0.115. The highest BCUT2D eigenvalue weighted by Gasteiger charge is 2.15. The summed E-state index contributed by atoms with van der Waals surface area (Å²) in [6, 6.07) is 15.1. The molecule has 0 unspecified atom stereocenters. The van der Waals surface area contributed by atoms with E-state index in [-0.39, 0.29) is 12.3 Å². The summed E-state index contributed by atoms with van der Waals surface area (Å²) >= 11 is 3.48. The minimum atomic E-state index is -0.171. The van der Waals surface area contributed by atoms with Gasteiger partial charge in [-0.15, -0.1) is 0 Å². The second-order valence-electron chi connectivity index (χ2n) is 5.90. The molecule has 3 rings (SSSR count). The van der Waals surface area contributed by atoms with Crippen LogP contribution < -0.4 is 19.5 Å². The molecule has 1 amide bonds. The van der Waals surface area contributed by atoms with E-state index in [0.29, 0.717) is 22.9 Å². The van der Waals surface area contributed by atoms with Crippen LogP contribution in [0.5, 0.6) is 17.2 Å². The van der Waals surface area contributed by atoms with Crippen LogP contribution >= 0.6 is 15.9 Å². The van der Waals surface area contributed by atoms with Gasteiger partial charge in [-0.25, -0.2) is 0 Å². The summed E-state index contributed by atoms with van der Waals surface area (Å²) in [5, 5.41) is 4.91. The summed E-state index contributed by atoms with van der Waals surface area (Å²) in [5.74, 6) is 1.71. The van der Waals surface area contributed by atoms with Crippen LogP contribution in [0.1, 0.15) is 5.56 Å². The molecule has 0 aliphatic rings. The fourth-order valence-electron chi connectivity index (χ4n) is 2.99. The molecule has 0 saturated carbocycles. The molecule has 0 aliphatic carbocycles. The summed E-state index contributed by atoms with van der Waals surface area (Å²) < 4.78 is 17.0. The number of methoxy groups -OCH3 is 3. The number of anilines is 1. The molecule has 140 valence electrons. The Hall–Kier alpha value is -2.73. The van der Waals surface area contributed by atoms with E-state index in [1.165, 1.54) is 0 Å². The number of amides is 1. The average molecular weight is 430 g/mol. The van der Waals surface area contributed by atoms with Crippen LogP contribution in [0, 0.1) is 0 Å². The summed E-state index contributed by atoms with van der Waals surface area (Å²) in [7, 11) is 4.74. The van der Waals surface area contributed by atoms with Crippen molar-refractivity contribution in [2.45, 2.75) is 6.42 Å². The van der Waals surface area contributed by atoms with E-state index in [0.717, 1.165) is 20.8 Å². The fourth-order valence-corrected chi connectivity index (χ4v) is 3.36. The van der Waals surface area contributed by atoms with Gasteiger partial charge >= 0.3 is 0 Å². The quantitative estimate of drug-likeness (QED) is 0.610. The van der Waals surface area contributed by atoms with Gasteiger partial charge in [0.25, 0.3) is 0 Å². The van der Waals surface area contributed by atoms with E-state index in [9.17, 15) is 4.79 Å². The molecule has 0 spiro atoms. The minimum absolute atomic E-state index is 0.169. The number of fused-ring (bicyclic) bond motifs is 1. The molecule has 3 aromatic carbocycles. The van der Waals surface area contributed by atoms with Gasteiger partial charge in [-0.2, -0.15) is 0 Å². The van der Waals surface area contributed by atoms with Crippen molar-refractivity contribution in [1.82, 2.24) is 0 Å². The normalized spacial score (nSPS) is 10.5. The monoisotopic (exact) mass is 429 g/mol. The number of ether oxygens (including phenoxy) is 3. The summed E-state index contributed by atoms with van der Waals surface area (Å²) in [5.41, 5.74) is 1.39. The molecule has 0 heterocycles. The van der Waals surface area contributed by atoms with Gasteiger partial charge in [0.05, 0.1) is 33.4 Å². The Morgan fingerprint density at radius 1 is 0.926 bits per heavy atom. The van der Waals surface area contributed by atoms with Crippen molar-refractivity contribution in [1.29, 1.82) is 0 Å². The van der Waals surface area contributed by atoms with Crippen LogP contribution in [0.2, 0.25) is 0 Å². The minimum Gasteiger partial charge on any atom is -0.497 e. The second-order valence-corrected chi connectivity index (χ2v) is 6.82. The van der Waals surface area contributed by atoms with Crippen molar-refractivity contribution in [3.63, 3.8) is 0 Å². The number of nitrogens with one attached hydrogen (secondary N) is 1. The Kier molecular flexibility index (Phi) is 5.86. The van der Waals surface area contributed by atoms with Crippen molar-refractivity contribution in [3.8, 4) is 17.2 Å². The first kappa shape index (κ1) is 19.0. The predicted octanol–water partition coefficient (Wildman–Crippen LogP) is 4.81. The molecular formula is C21H20BrNO4. The van der Waals surface area contributed by atoms with Crippen molar-refractivity contribution < 1.29 is 19.0 Å². The number of carbonyl (C=O) groups is 1. The van der Waals surface area contributed by atoms with E-state index >= 15 is 0 Å². The third-order valence-electron chi connectivity index (χ3n) is 4.29. The van der Waals surface area contributed by atoms with Gasteiger partial charge in [0.1, 0.15) is 17.2 Å². The first-order chi connectivity index (χ1) is 13.0. The fraction of sp³-hybridized carbons (Fsp3) is 0.190. The molecule has 0 bridgehead atoms. The number of benzene rings is 3. The summed E-state index contributed by atoms with van der Waals surface area (Å²) in [6.45, 7) is 0. The molecule has 3 aromatic rings. The van der Waals surface area contributed by atoms with Gasteiger partial charge in [0.15, 0.2) is 0 Å². The number of rotatable bonds is 6. The number of halogens is 1. The van der Waals surface area contributed by atoms with E-state index in [1.807, 2.05) is 30.3 Å². The molecular weight excluding hydrogens is 410 g/mol. The van der Waals surface area contributed by atoms with E-state index in [2.05, 4.69) is 21.2 Å². The molecule has 0 aliphatic heterocycles. The van der Waals surface area contributed by atoms with Crippen LogP contribution in [-0.4, -0.2) is 27.2 Å². The van der Waals surface area contributed by atoms with Crippen LogP contribution in [0.4, 0.5) is 5.69 Å².